The molecule has 3 N–H and O–H groups in total. The van der Waals surface area contributed by atoms with E-state index in [2.05, 4.69) is 10.6 Å². The molecule has 0 bridgehead atoms. The average molecular weight is 488 g/mol. The second kappa shape index (κ2) is 10.8. The number of amides is 2. The summed E-state index contributed by atoms with van der Waals surface area (Å²) in [5.74, 6) is -2.57. The summed E-state index contributed by atoms with van der Waals surface area (Å²) in [6.07, 6.45) is -4.95. The quantitative estimate of drug-likeness (QED) is 0.500. The molecule has 2 aromatic carbocycles. The van der Waals surface area contributed by atoms with Gasteiger partial charge in [0.1, 0.15) is 12.6 Å². The first-order chi connectivity index (χ1) is 16.8. The number of rotatable bonds is 9. The molecule has 3 atom stereocenters. The number of fused-ring (bicyclic) bond motifs is 3. The van der Waals surface area contributed by atoms with Crippen LogP contribution in [0, 0.1) is 5.92 Å². The van der Waals surface area contributed by atoms with Crippen molar-refractivity contribution in [1.82, 2.24) is 10.6 Å². The van der Waals surface area contributed by atoms with Crippen molar-refractivity contribution >= 4 is 18.0 Å². The summed E-state index contributed by atoms with van der Waals surface area (Å²) >= 11 is 0. The van der Waals surface area contributed by atoms with E-state index >= 15 is 0 Å². The van der Waals surface area contributed by atoms with Crippen LogP contribution in [0.25, 0.3) is 11.1 Å². The lowest BCUT2D eigenvalue weighted by Crippen LogP contribution is -2.44. The lowest BCUT2D eigenvalue weighted by atomic mass is 9.98. The second-order valence-electron chi connectivity index (χ2n) is 8.65. The molecule has 2 amide bonds. The molecule has 0 radical (unpaired) electrons. The molecule has 2 aliphatic rings. The SMILES string of the molecule is O=C(CC(NC(=O)OCC1c2ccccc2-c2ccccc21)C(F)F)NCC1CC(C(=O)O)CO1. The van der Waals surface area contributed by atoms with Gasteiger partial charge in [-0.3, -0.25) is 9.59 Å². The Bertz CT molecular complexity index is 1050. The molecule has 1 aliphatic carbocycles. The van der Waals surface area contributed by atoms with Gasteiger partial charge in [-0.1, -0.05) is 48.5 Å². The van der Waals surface area contributed by atoms with Crippen molar-refractivity contribution in [3.05, 3.63) is 59.7 Å². The van der Waals surface area contributed by atoms with E-state index in [1.807, 2.05) is 48.5 Å². The highest BCUT2D eigenvalue weighted by Gasteiger charge is 2.32. The first kappa shape index (κ1) is 24.6. The molecule has 0 aromatic heterocycles. The van der Waals surface area contributed by atoms with Gasteiger partial charge in [-0.2, -0.15) is 0 Å². The van der Waals surface area contributed by atoms with Crippen LogP contribution in [-0.2, 0) is 19.1 Å². The predicted molar refractivity (Wildman–Crippen MR) is 121 cm³/mol. The number of halogens is 2. The maximum atomic E-state index is 13.5. The lowest BCUT2D eigenvalue weighted by molar-refractivity contribution is -0.141. The Kier molecular flexibility index (Phi) is 7.60. The van der Waals surface area contributed by atoms with E-state index in [0.717, 1.165) is 22.3 Å². The second-order valence-corrected chi connectivity index (χ2v) is 8.65. The number of carbonyl (C=O) groups is 3. The van der Waals surface area contributed by atoms with Crippen molar-refractivity contribution in [2.75, 3.05) is 19.8 Å². The molecule has 4 rings (SSSR count). The fraction of sp³-hybridized carbons (Fsp3) is 0.400. The minimum absolute atomic E-state index is 0.00349. The van der Waals surface area contributed by atoms with Crippen molar-refractivity contribution in [2.45, 2.75) is 37.3 Å². The number of carboxylic acids is 1. The maximum Gasteiger partial charge on any atom is 0.407 e. The third-order valence-electron chi connectivity index (χ3n) is 6.31. The van der Waals surface area contributed by atoms with E-state index < -0.39 is 48.9 Å². The summed E-state index contributed by atoms with van der Waals surface area (Å²) in [6, 6.07) is 13.8. The van der Waals surface area contributed by atoms with E-state index in [1.54, 1.807) is 0 Å². The predicted octanol–water partition coefficient (Wildman–Crippen LogP) is 3.15. The van der Waals surface area contributed by atoms with Gasteiger partial charge in [-0.15, -0.1) is 0 Å². The average Bonchev–Trinajstić information content (AvgIpc) is 3.44. The van der Waals surface area contributed by atoms with Gasteiger partial charge in [0, 0.05) is 12.5 Å². The van der Waals surface area contributed by atoms with Gasteiger partial charge in [-0.25, -0.2) is 13.6 Å². The number of alkyl carbamates (subject to hydrolysis) is 1. The van der Waals surface area contributed by atoms with Gasteiger partial charge in [-0.05, 0) is 28.7 Å². The fourth-order valence-corrected chi connectivity index (χ4v) is 4.51. The summed E-state index contributed by atoms with van der Waals surface area (Å²) in [7, 11) is 0. The third-order valence-corrected chi connectivity index (χ3v) is 6.31. The van der Waals surface area contributed by atoms with Crippen LogP contribution < -0.4 is 10.6 Å². The Morgan fingerprint density at radius 1 is 1.06 bits per heavy atom. The molecule has 3 unspecified atom stereocenters. The van der Waals surface area contributed by atoms with Crippen LogP contribution >= 0.6 is 0 Å². The number of ether oxygens (including phenoxy) is 2. The monoisotopic (exact) mass is 488 g/mol. The van der Waals surface area contributed by atoms with Crippen LogP contribution in [-0.4, -0.2) is 61.4 Å². The zero-order valence-corrected chi connectivity index (χ0v) is 18.8. The van der Waals surface area contributed by atoms with Gasteiger partial charge in [0.15, 0.2) is 0 Å². The molecule has 186 valence electrons. The number of alkyl halides is 2. The normalized spacial score (nSPS) is 19.6. The molecular formula is C25H26F2N2O6. The topological polar surface area (TPSA) is 114 Å². The highest BCUT2D eigenvalue weighted by Crippen LogP contribution is 2.44. The van der Waals surface area contributed by atoms with E-state index in [0.29, 0.717) is 0 Å². The molecule has 0 saturated carbocycles. The zero-order chi connectivity index (χ0) is 24.9. The van der Waals surface area contributed by atoms with Crippen molar-refractivity contribution < 1.29 is 37.7 Å². The van der Waals surface area contributed by atoms with Crippen LogP contribution in [0.5, 0.6) is 0 Å². The summed E-state index contributed by atoms with van der Waals surface area (Å²) in [5, 5.41) is 13.5. The lowest BCUT2D eigenvalue weighted by Gasteiger charge is -2.19. The Balaban J connectivity index is 1.28. The van der Waals surface area contributed by atoms with Crippen LogP contribution in [0.15, 0.2) is 48.5 Å². The molecule has 8 nitrogen and oxygen atoms in total. The van der Waals surface area contributed by atoms with E-state index in [-0.39, 0.29) is 32.1 Å². The summed E-state index contributed by atoms with van der Waals surface area (Å²) in [6.45, 7) is 0.00810. The number of carbonyl (C=O) groups excluding carboxylic acids is 2. The molecule has 1 aliphatic heterocycles. The molecule has 2 aromatic rings. The van der Waals surface area contributed by atoms with Crippen molar-refractivity contribution in [3.8, 4) is 11.1 Å². The summed E-state index contributed by atoms with van der Waals surface area (Å²) < 4.78 is 37.6. The smallest absolute Gasteiger partial charge is 0.407 e. The molecule has 1 saturated heterocycles. The Morgan fingerprint density at radius 3 is 2.26 bits per heavy atom. The molecular weight excluding hydrogens is 462 g/mol. The molecule has 0 spiro atoms. The third kappa shape index (κ3) is 5.76. The number of benzene rings is 2. The number of carboxylic acid groups (broad SMARTS) is 1. The standard InChI is InChI=1S/C25H26F2N2O6/c26-23(27)21(10-22(30)28-11-15-9-14(12-34-15)24(31)32)29-25(33)35-13-20-18-7-3-1-5-16(18)17-6-2-4-8-19(17)20/h1-8,14-15,20-21,23H,9-13H2,(H,28,30)(H,29,33)(H,31,32). The Morgan fingerprint density at radius 2 is 1.69 bits per heavy atom. The van der Waals surface area contributed by atoms with Gasteiger partial charge in [0.25, 0.3) is 6.43 Å². The Hall–Kier alpha value is -3.53. The minimum atomic E-state index is -2.99. The van der Waals surface area contributed by atoms with Crippen molar-refractivity contribution in [3.63, 3.8) is 0 Å². The zero-order valence-electron chi connectivity index (χ0n) is 18.8. The number of hydrogen-bond donors (Lipinski definition) is 3. The molecule has 10 heteroatoms. The van der Waals surface area contributed by atoms with E-state index in [9.17, 15) is 23.2 Å². The number of aliphatic carboxylic acids is 1. The molecule has 1 heterocycles. The van der Waals surface area contributed by atoms with Gasteiger partial charge < -0.3 is 25.2 Å². The first-order valence-electron chi connectivity index (χ1n) is 11.3. The largest absolute Gasteiger partial charge is 0.481 e. The number of nitrogens with one attached hydrogen (secondary N) is 2. The van der Waals surface area contributed by atoms with Crippen LogP contribution in [0.4, 0.5) is 13.6 Å². The van der Waals surface area contributed by atoms with Crippen molar-refractivity contribution in [2.24, 2.45) is 5.92 Å². The van der Waals surface area contributed by atoms with Crippen LogP contribution in [0.3, 0.4) is 0 Å². The maximum absolute atomic E-state index is 13.5. The summed E-state index contributed by atoms with van der Waals surface area (Å²) in [5.41, 5.74) is 4.07. The molecule has 1 fully saturated rings. The molecule has 35 heavy (non-hydrogen) atoms. The number of hydrogen-bond acceptors (Lipinski definition) is 5. The fourth-order valence-electron chi connectivity index (χ4n) is 4.51. The highest BCUT2D eigenvalue weighted by molar-refractivity contribution is 5.79. The van der Waals surface area contributed by atoms with Gasteiger partial charge in [0.05, 0.1) is 25.0 Å². The van der Waals surface area contributed by atoms with Gasteiger partial charge >= 0.3 is 12.1 Å². The van der Waals surface area contributed by atoms with Gasteiger partial charge in [0.2, 0.25) is 5.91 Å². The summed E-state index contributed by atoms with van der Waals surface area (Å²) in [4.78, 5) is 35.4. The van der Waals surface area contributed by atoms with E-state index in [1.165, 1.54) is 0 Å². The Labute approximate surface area is 200 Å². The van der Waals surface area contributed by atoms with E-state index in [4.69, 9.17) is 14.6 Å². The van der Waals surface area contributed by atoms with Crippen molar-refractivity contribution in [1.29, 1.82) is 0 Å². The first-order valence-corrected chi connectivity index (χ1v) is 11.3. The van der Waals surface area contributed by atoms with Crippen LogP contribution in [0.2, 0.25) is 0 Å². The van der Waals surface area contributed by atoms with Crippen LogP contribution in [0.1, 0.15) is 29.9 Å². The highest BCUT2D eigenvalue weighted by atomic mass is 19.3. The minimum Gasteiger partial charge on any atom is -0.481 e.